The number of nitrogens with two attached hydrogens (primary N) is 1. The quantitative estimate of drug-likeness (QED) is 0.748. The first kappa shape index (κ1) is 21.8. The van der Waals surface area contributed by atoms with Crippen molar-refractivity contribution in [2.24, 2.45) is 17.6 Å². The van der Waals surface area contributed by atoms with Gasteiger partial charge in [0.25, 0.3) is 0 Å². The molecule has 0 aromatic heterocycles. The van der Waals surface area contributed by atoms with Gasteiger partial charge in [-0.25, -0.2) is 0 Å². The predicted octanol–water partition coefficient (Wildman–Crippen LogP) is 2.60. The monoisotopic (exact) mass is 412 g/mol. The molecule has 1 atom stereocenters. The average Bonchev–Trinajstić information content (AvgIpc) is 3.29. The van der Waals surface area contributed by atoms with Gasteiger partial charge >= 0.3 is 0 Å². The molecule has 1 amide bonds. The molecular weight excluding hydrogens is 372 g/mol. The molecule has 1 aromatic carbocycles. The highest BCUT2D eigenvalue weighted by Gasteiger charge is 2.34. The van der Waals surface area contributed by atoms with Gasteiger partial charge in [-0.3, -0.25) is 4.79 Å². The van der Waals surface area contributed by atoms with E-state index >= 15 is 0 Å². The Morgan fingerprint density at radius 2 is 1.67 bits per heavy atom. The summed E-state index contributed by atoms with van der Waals surface area (Å²) < 4.78 is 0. The summed E-state index contributed by atoms with van der Waals surface area (Å²) >= 11 is 0. The number of carbonyl (C=O) groups is 1. The second kappa shape index (κ2) is 10.7. The number of amides is 1. The Labute approximate surface area is 182 Å². The zero-order chi connectivity index (χ0) is 20.8. The fourth-order valence-corrected chi connectivity index (χ4v) is 5.65. The van der Waals surface area contributed by atoms with Gasteiger partial charge in [0, 0.05) is 25.0 Å². The van der Waals surface area contributed by atoms with E-state index in [-0.39, 0.29) is 5.92 Å². The summed E-state index contributed by atoms with van der Waals surface area (Å²) in [5.41, 5.74) is 7.25. The van der Waals surface area contributed by atoms with Crippen LogP contribution in [0.25, 0.3) is 0 Å². The van der Waals surface area contributed by atoms with Gasteiger partial charge < -0.3 is 20.4 Å². The smallest absolute Gasteiger partial charge is 0.225 e. The van der Waals surface area contributed by atoms with Crippen LogP contribution in [0.3, 0.4) is 0 Å². The third-order valence-electron chi connectivity index (χ3n) is 7.67. The van der Waals surface area contributed by atoms with Crippen LogP contribution in [-0.2, 0) is 11.2 Å². The van der Waals surface area contributed by atoms with Crippen LogP contribution < -0.4 is 5.73 Å². The van der Waals surface area contributed by atoms with Gasteiger partial charge in [0.2, 0.25) is 5.91 Å². The Balaban J connectivity index is 1.13. The Hall–Kier alpha value is -1.43. The Morgan fingerprint density at radius 1 is 0.933 bits per heavy atom. The minimum Gasteiger partial charge on any atom is -0.342 e. The first-order chi connectivity index (χ1) is 14.7. The maximum Gasteiger partial charge on any atom is 0.225 e. The molecule has 0 bridgehead atoms. The summed E-state index contributed by atoms with van der Waals surface area (Å²) in [7, 11) is 0. The number of rotatable bonds is 7. The van der Waals surface area contributed by atoms with Gasteiger partial charge in [-0.15, -0.1) is 0 Å². The molecule has 0 spiro atoms. The van der Waals surface area contributed by atoms with E-state index < -0.39 is 0 Å². The van der Waals surface area contributed by atoms with E-state index in [2.05, 4.69) is 45.0 Å². The van der Waals surface area contributed by atoms with Crippen LogP contribution in [0.2, 0.25) is 0 Å². The lowest BCUT2D eigenvalue weighted by Gasteiger charge is -2.42. The van der Waals surface area contributed by atoms with Crippen molar-refractivity contribution in [1.82, 2.24) is 14.7 Å². The number of aryl methyl sites for hydroxylation is 1. The predicted molar refractivity (Wildman–Crippen MR) is 122 cm³/mol. The molecule has 3 heterocycles. The normalized spacial score (nSPS) is 25.1. The van der Waals surface area contributed by atoms with E-state index in [1.807, 2.05) is 0 Å². The van der Waals surface area contributed by atoms with E-state index in [0.717, 1.165) is 51.5 Å². The summed E-state index contributed by atoms with van der Waals surface area (Å²) in [5, 5.41) is 0. The molecule has 5 nitrogen and oxygen atoms in total. The van der Waals surface area contributed by atoms with E-state index in [0.29, 0.717) is 18.4 Å². The standard InChI is InChI=1S/C25H40N4O/c26-19-22-8-16-29(20-22)25(30)23-9-17-28(18-10-23)24-11-14-27(15-12-24)13-4-7-21-5-2-1-3-6-21/h1-3,5-6,22-24H,4,7-20,26H2/t22-/m0/s1. The van der Waals surface area contributed by atoms with Crippen molar-refractivity contribution in [3.05, 3.63) is 35.9 Å². The topological polar surface area (TPSA) is 52.8 Å². The number of likely N-dealkylation sites (tertiary alicyclic amines) is 3. The summed E-state index contributed by atoms with van der Waals surface area (Å²) in [6.45, 7) is 8.40. The molecule has 0 aliphatic carbocycles. The van der Waals surface area contributed by atoms with E-state index in [4.69, 9.17) is 5.73 Å². The van der Waals surface area contributed by atoms with Crippen molar-refractivity contribution in [2.75, 3.05) is 52.4 Å². The molecule has 0 unspecified atom stereocenters. The van der Waals surface area contributed by atoms with Gasteiger partial charge in [0.15, 0.2) is 0 Å². The fraction of sp³-hybridized carbons (Fsp3) is 0.720. The molecule has 166 valence electrons. The zero-order valence-corrected chi connectivity index (χ0v) is 18.6. The van der Waals surface area contributed by atoms with Crippen molar-refractivity contribution in [2.45, 2.75) is 51.0 Å². The van der Waals surface area contributed by atoms with Crippen LogP contribution >= 0.6 is 0 Å². The van der Waals surface area contributed by atoms with E-state index in [1.165, 1.54) is 50.9 Å². The molecule has 3 fully saturated rings. The highest BCUT2D eigenvalue weighted by atomic mass is 16.2. The largest absolute Gasteiger partial charge is 0.342 e. The van der Waals surface area contributed by atoms with Crippen molar-refractivity contribution in [3.8, 4) is 0 Å². The molecule has 5 heteroatoms. The first-order valence-corrected chi connectivity index (χ1v) is 12.2. The number of hydrogen-bond donors (Lipinski definition) is 1. The van der Waals surface area contributed by atoms with Gasteiger partial charge in [-0.2, -0.15) is 0 Å². The molecule has 3 aliphatic rings. The van der Waals surface area contributed by atoms with Crippen molar-refractivity contribution in [1.29, 1.82) is 0 Å². The van der Waals surface area contributed by atoms with E-state index in [1.54, 1.807) is 0 Å². The summed E-state index contributed by atoms with van der Waals surface area (Å²) in [6.07, 6.45) is 8.18. The van der Waals surface area contributed by atoms with Gasteiger partial charge in [0.05, 0.1) is 0 Å². The minimum absolute atomic E-state index is 0.246. The van der Waals surface area contributed by atoms with Crippen molar-refractivity contribution in [3.63, 3.8) is 0 Å². The highest BCUT2D eigenvalue weighted by Crippen LogP contribution is 2.27. The average molecular weight is 413 g/mol. The molecule has 0 saturated carbocycles. The van der Waals surface area contributed by atoms with Crippen LogP contribution in [0.5, 0.6) is 0 Å². The molecule has 4 rings (SSSR count). The third-order valence-corrected chi connectivity index (χ3v) is 7.67. The van der Waals surface area contributed by atoms with Gasteiger partial charge in [-0.05, 0) is 95.7 Å². The lowest BCUT2D eigenvalue weighted by atomic mass is 9.92. The number of nitrogens with zero attached hydrogens (tertiary/aromatic N) is 3. The maximum absolute atomic E-state index is 12.9. The fourth-order valence-electron chi connectivity index (χ4n) is 5.65. The second-order valence-electron chi connectivity index (χ2n) is 9.65. The van der Waals surface area contributed by atoms with Crippen LogP contribution in [-0.4, -0.2) is 79.0 Å². The van der Waals surface area contributed by atoms with Crippen molar-refractivity contribution >= 4 is 5.91 Å². The molecular formula is C25H40N4O. The molecule has 3 aliphatic heterocycles. The number of hydrogen-bond acceptors (Lipinski definition) is 4. The number of benzene rings is 1. The Bertz CT molecular complexity index is 650. The van der Waals surface area contributed by atoms with E-state index in [9.17, 15) is 4.79 Å². The molecule has 3 saturated heterocycles. The maximum atomic E-state index is 12.9. The molecule has 30 heavy (non-hydrogen) atoms. The van der Waals surface area contributed by atoms with Gasteiger partial charge in [0.1, 0.15) is 0 Å². The van der Waals surface area contributed by atoms with Crippen LogP contribution in [0.1, 0.15) is 44.1 Å². The van der Waals surface area contributed by atoms with Crippen LogP contribution in [0, 0.1) is 11.8 Å². The molecule has 1 aromatic rings. The Morgan fingerprint density at radius 3 is 2.33 bits per heavy atom. The number of carbonyl (C=O) groups excluding carboxylic acids is 1. The summed E-state index contributed by atoms with van der Waals surface area (Å²) in [5.74, 6) is 1.17. The SMILES string of the molecule is NC[C@@H]1CCN(C(=O)C2CCN(C3CCN(CCCc4ccccc4)CC3)CC2)C1. The minimum atomic E-state index is 0.246. The lowest BCUT2D eigenvalue weighted by Crippen LogP contribution is -2.49. The van der Waals surface area contributed by atoms with Gasteiger partial charge in [-0.1, -0.05) is 30.3 Å². The van der Waals surface area contributed by atoms with Crippen LogP contribution in [0.4, 0.5) is 0 Å². The van der Waals surface area contributed by atoms with Crippen LogP contribution in [0.15, 0.2) is 30.3 Å². The second-order valence-corrected chi connectivity index (χ2v) is 9.65. The van der Waals surface area contributed by atoms with Crippen molar-refractivity contribution < 1.29 is 4.79 Å². The lowest BCUT2D eigenvalue weighted by molar-refractivity contribution is -0.136. The Kier molecular flexibility index (Phi) is 7.80. The zero-order valence-electron chi connectivity index (χ0n) is 18.6. The summed E-state index contributed by atoms with van der Waals surface area (Å²) in [4.78, 5) is 20.3. The third kappa shape index (κ3) is 5.63. The number of piperidine rings is 2. The molecule has 0 radical (unpaired) electrons. The highest BCUT2D eigenvalue weighted by molar-refractivity contribution is 5.79. The first-order valence-electron chi connectivity index (χ1n) is 12.2. The molecule has 2 N–H and O–H groups in total. The summed E-state index contributed by atoms with van der Waals surface area (Å²) in [6, 6.07) is 11.6.